The minimum atomic E-state index is -1.06. The second-order valence-corrected chi connectivity index (χ2v) is 9.10. The van der Waals surface area contributed by atoms with Crippen molar-refractivity contribution in [1.82, 2.24) is 20.1 Å². The zero-order chi connectivity index (χ0) is 23.2. The van der Waals surface area contributed by atoms with Crippen LogP contribution in [0.5, 0.6) is 0 Å². The van der Waals surface area contributed by atoms with Crippen molar-refractivity contribution in [3.8, 4) is 0 Å². The molecule has 168 valence electrons. The minimum Gasteiger partial charge on any atom is -0.343 e. The van der Waals surface area contributed by atoms with Crippen LogP contribution >= 0.6 is 0 Å². The first-order valence-electron chi connectivity index (χ1n) is 10.5. The standard InChI is InChI=1S/C23H25F2N5O2/c1-12-20-15(10-18(13-5-6-13)28-21(20)30(29-12)23(2,3)4)22(32)26-11-19(31)27-14-7-8-16(24)17(25)9-14/h7-10,13H,5-6,11H2,1-4H3,(H,26,32)(H,27,31). The Balaban J connectivity index is 1.58. The molecule has 2 N–H and O–H groups in total. The molecular formula is C23H25F2N5O2. The number of pyridine rings is 1. The molecule has 7 nitrogen and oxygen atoms in total. The number of amides is 2. The summed E-state index contributed by atoms with van der Waals surface area (Å²) in [5.74, 6) is -2.72. The predicted octanol–water partition coefficient (Wildman–Crippen LogP) is 4.02. The van der Waals surface area contributed by atoms with Crippen LogP contribution in [0.4, 0.5) is 14.5 Å². The Morgan fingerprint density at radius 2 is 1.88 bits per heavy atom. The lowest BCUT2D eigenvalue weighted by Gasteiger charge is -2.20. The molecule has 1 fully saturated rings. The van der Waals surface area contributed by atoms with E-state index in [-0.39, 0.29) is 17.8 Å². The zero-order valence-corrected chi connectivity index (χ0v) is 18.4. The number of halogens is 2. The zero-order valence-electron chi connectivity index (χ0n) is 18.4. The molecule has 1 aliphatic rings. The highest BCUT2D eigenvalue weighted by molar-refractivity contribution is 6.08. The first-order valence-corrected chi connectivity index (χ1v) is 10.5. The predicted molar refractivity (Wildman–Crippen MR) is 117 cm³/mol. The van der Waals surface area contributed by atoms with E-state index in [9.17, 15) is 18.4 Å². The fraction of sp³-hybridized carbons (Fsp3) is 0.391. The summed E-state index contributed by atoms with van der Waals surface area (Å²) in [6.07, 6.45) is 2.05. The average molecular weight is 441 g/mol. The second kappa shape index (κ2) is 7.96. The van der Waals surface area contributed by atoms with Crippen molar-refractivity contribution in [1.29, 1.82) is 0 Å². The Kier molecular flexibility index (Phi) is 5.44. The lowest BCUT2D eigenvalue weighted by molar-refractivity contribution is -0.115. The molecule has 9 heteroatoms. The van der Waals surface area contributed by atoms with Gasteiger partial charge in [-0.05, 0) is 58.7 Å². The van der Waals surface area contributed by atoms with E-state index in [2.05, 4.69) is 15.7 Å². The number of aryl methyl sites for hydroxylation is 1. The van der Waals surface area contributed by atoms with Crippen LogP contribution in [0.2, 0.25) is 0 Å². The van der Waals surface area contributed by atoms with Crippen molar-refractivity contribution >= 4 is 28.5 Å². The summed E-state index contributed by atoms with van der Waals surface area (Å²) in [5.41, 5.74) is 2.38. The highest BCUT2D eigenvalue weighted by Crippen LogP contribution is 2.41. The molecule has 2 amide bonds. The monoisotopic (exact) mass is 441 g/mol. The summed E-state index contributed by atoms with van der Waals surface area (Å²) >= 11 is 0. The number of anilines is 1. The molecule has 2 heterocycles. The number of hydrogen-bond donors (Lipinski definition) is 2. The number of benzene rings is 1. The summed E-state index contributed by atoms with van der Waals surface area (Å²) in [4.78, 5) is 30.1. The van der Waals surface area contributed by atoms with E-state index in [1.807, 2.05) is 32.4 Å². The Bertz CT molecular complexity index is 1230. The number of hydrogen-bond acceptors (Lipinski definition) is 4. The molecule has 0 bridgehead atoms. The van der Waals surface area contributed by atoms with Gasteiger partial charge in [-0.3, -0.25) is 9.59 Å². The van der Waals surface area contributed by atoms with E-state index in [4.69, 9.17) is 4.98 Å². The molecular weight excluding hydrogens is 416 g/mol. The van der Waals surface area contributed by atoms with Crippen LogP contribution in [0.3, 0.4) is 0 Å². The third kappa shape index (κ3) is 4.32. The van der Waals surface area contributed by atoms with Crippen molar-refractivity contribution in [3.05, 3.63) is 52.9 Å². The SMILES string of the molecule is Cc1nn(C(C)(C)C)c2nc(C3CC3)cc(C(=O)NCC(=O)Nc3ccc(F)c(F)c3)c12. The molecule has 32 heavy (non-hydrogen) atoms. The fourth-order valence-electron chi connectivity index (χ4n) is 3.58. The van der Waals surface area contributed by atoms with Gasteiger partial charge in [0.05, 0.1) is 28.7 Å². The van der Waals surface area contributed by atoms with Gasteiger partial charge in [-0.2, -0.15) is 5.10 Å². The van der Waals surface area contributed by atoms with Crippen molar-refractivity contribution in [2.24, 2.45) is 0 Å². The molecule has 0 aliphatic heterocycles. The second-order valence-electron chi connectivity index (χ2n) is 9.10. The maximum Gasteiger partial charge on any atom is 0.252 e. The summed E-state index contributed by atoms with van der Waals surface area (Å²) < 4.78 is 28.2. The van der Waals surface area contributed by atoms with Crippen LogP contribution in [-0.2, 0) is 10.3 Å². The molecule has 0 unspecified atom stereocenters. The number of carbonyl (C=O) groups excluding carboxylic acids is 2. The van der Waals surface area contributed by atoms with E-state index < -0.39 is 23.4 Å². The van der Waals surface area contributed by atoms with E-state index in [1.54, 1.807) is 6.07 Å². The molecule has 0 radical (unpaired) electrons. The number of nitrogens with one attached hydrogen (secondary N) is 2. The molecule has 0 spiro atoms. The van der Waals surface area contributed by atoms with Gasteiger partial charge in [-0.15, -0.1) is 0 Å². The van der Waals surface area contributed by atoms with Crippen LogP contribution < -0.4 is 10.6 Å². The van der Waals surface area contributed by atoms with Crippen LogP contribution in [0.1, 0.15) is 61.3 Å². The van der Waals surface area contributed by atoms with E-state index in [0.717, 1.165) is 30.7 Å². The summed E-state index contributed by atoms with van der Waals surface area (Å²) in [6.45, 7) is 7.56. The molecule has 3 aromatic rings. The van der Waals surface area contributed by atoms with Crippen molar-refractivity contribution in [2.45, 2.75) is 52.0 Å². The summed E-state index contributed by atoms with van der Waals surface area (Å²) in [5, 5.41) is 10.3. The van der Waals surface area contributed by atoms with Crippen LogP contribution in [0.25, 0.3) is 11.0 Å². The molecule has 2 aromatic heterocycles. The maximum absolute atomic E-state index is 13.3. The molecule has 1 aliphatic carbocycles. The number of aromatic nitrogens is 3. The first kappa shape index (κ1) is 21.9. The molecule has 4 rings (SSSR count). The lowest BCUT2D eigenvalue weighted by Crippen LogP contribution is -2.33. The van der Waals surface area contributed by atoms with Crippen LogP contribution in [-0.4, -0.2) is 33.1 Å². The smallest absolute Gasteiger partial charge is 0.252 e. The Labute approximate surface area is 184 Å². The lowest BCUT2D eigenvalue weighted by atomic mass is 10.1. The molecule has 0 atom stereocenters. The quantitative estimate of drug-likeness (QED) is 0.626. The summed E-state index contributed by atoms with van der Waals surface area (Å²) in [6, 6.07) is 4.83. The number of rotatable bonds is 5. The number of carbonyl (C=O) groups is 2. The van der Waals surface area contributed by atoms with E-state index in [1.165, 1.54) is 6.07 Å². The number of nitrogens with zero attached hydrogens (tertiary/aromatic N) is 3. The van der Waals surface area contributed by atoms with Gasteiger partial charge in [0.2, 0.25) is 5.91 Å². The third-order valence-corrected chi connectivity index (χ3v) is 5.32. The summed E-state index contributed by atoms with van der Waals surface area (Å²) in [7, 11) is 0. The van der Waals surface area contributed by atoms with Gasteiger partial charge in [0.15, 0.2) is 17.3 Å². The number of fused-ring (bicyclic) bond motifs is 1. The Hall–Kier alpha value is -3.36. The fourth-order valence-corrected chi connectivity index (χ4v) is 3.58. The van der Waals surface area contributed by atoms with E-state index >= 15 is 0 Å². The van der Waals surface area contributed by atoms with Gasteiger partial charge in [-0.1, -0.05) is 0 Å². The molecule has 0 saturated heterocycles. The van der Waals surface area contributed by atoms with Gasteiger partial charge < -0.3 is 10.6 Å². The van der Waals surface area contributed by atoms with E-state index in [0.29, 0.717) is 28.2 Å². The van der Waals surface area contributed by atoms with Crippen molar-refractivity contribution in [3.63, 3.8) is 0 Å². The van der Waals surface area contributed by atoms with Gasteiger partial charge in [0.25, 0.3) is 5.91 Å². The van der Waals surface area contributed by atoms with Gasteiger partial charge >= 0.3 is 0 Å². The Morgan fingerprint density at radius 3 is 2.50 bits per heavy atom. The Morgan fingerprint density at radius 1 is 1.16 bits per heavy atom. The highest BCUT2D eigenvalue weighted by atomic mass is 19.2. The maximum atomic E-state index is 13.3. The molecule has 1 aromatic carbocycles. The van der Waals surface area contributed by atoms with Gasteiger partial charge in [0, 0.05) is 23.4 Å². The van der Waals surface area contributed by atoms with Crippen LogP contribution in [0.15, 0.2) is 24.3 Å². The topological polar surface area (TPSA) is 88.9 Å². The van der Waals surface area contributed by atoms with Crippen molar-refractivity contribution in [2.75, 3.05) is 11.9 Å². The third-order valence-electron chi connectivity index (χ3n) is 5.32. The normalized spacial score (nSPS) is 13.9. The first-order chi connectivity index (χ1) is 15.0. The highest BCUT2D eigenvalue weighted by Gasteiger charge is 2.30. The van der Waals surface area contributed by atoms with Gasteiger partial charge in [0.1, 0.15) is 0 Å². The minimum absolute atomic E-state index is 0.104. The largest absolute Gasteiger partial charge is 0.343 e. The van der Waals surface area contributed by atoms with Crippen molar-refractivity contribution < 1.29 is 18.4 Å². The average Bonchev–Trinajstić information content (AvgIpc) is 3.51. The van der Waals surface area contributed by atoms with Gasteiger partial charge in [-0.25, -0.2) is 18.4 Å². The molecule has 1 saturated carbocycles. The van der Waals surface area contributed by atoms with Crippen LogP contribution in [0, 0.1) is 18.6 Å².